The highest BCUT2D eigenvalue weighted by atomic mass is 16.4. The fourth-order valence-electron chi connectivity index (χ4n) is 2.75. The Morgan fingerprint density at radius 3 is 2.84 bits per heavy atom. The highest BCUT2D eigenvalue weighted by Gasteiger charge is 2.25. The average molecular weight is 261 g/mol. The van der Waals surface area contributed by atoms with E-state index in [-0.39, 0.29) is 5.84 Å². The van der Waals surface area contributed by atoms with Crippen LogP contribution in [0.1, 0.15) is 31.4 Å². The van der Waals surface area contributed by atoms with Gasteiger partial charge in [0.2, 0.25) is 0 Å². The Morgan fingerprint density at radius 2 is 2.21 bits per heavy atom. The third-order valence-corrected chi connectivity index (χ3v) is 4.05. The molecule has 4 heteroatoms. The molecule has 1 aliphatic rings. The summed E-state index contributed by atoms with van der Waals surface area (Å²) in [6, 6.07) is 7.87. The van der Waals surface area contributed by atoms with E-state index < -0.39 is 0 Å². The van der Waals surface area contributed by atoms with Crippen molar-refractivity contribution < 1.29 is 5.21 Å². The molecule has 104 valence electrons. The summed E-state index contributed by atoms with van der Waals surface area (Å²) in [5, 5.41) is 12.0. The molecule has 0 radical (unpaired) electrons. The molecule has 3 N–H and O–H groups in total. The monoisotopic (exact) mass is 261 g/mol. The van der Waals surface area contributed by atoms with Gasteiger partial charge in [0.05, 0.1) is 0 Å². The zero-order chi connectivity index (χ0) is 13.8. The molecule has 0 bridgehead atoms. The summed E-state index contributed by atoms with van der Waals surface area (Å²) in [6.45, 7) is 7.72. The Labute approximate surface area is 114 Å². The largest absolute Gasteiger partial charge is 0.409 e. The SMILES string of the molecule is CC(C)C1CCN(Cc2ccccc2/C(N)=N/O)C1. The number of hydrogen-bond acceptors (Lipinski definition) is 3. The molecule has 1 saturated heterocycles. The van der Waals surface area contributed by atoms with E-state index in [2.05, 4.69) is 30.0 Å². The van der Waals surface area contributed by atoms with Gasteiger partial charge in [-0.3, -0.25) is 4.90 Å². The Balaban J connectivity index is 2.08. The normalized spacial score (nSPS) is 21.2. The zero-order valence-electron chi connectivity index (χ0n) is 11.7. The highest BCUT2D eigenvalue weighted by molar-refractivity contribution is 5.98. The van der Waals surface area contributed by atoms with Gasteiger partial charge in [0.25, 0.3) is 0 Å². The Morgan fingerprint density at radius 1 is 1.47 bits per heavy atom. The van der Waals surface area contributed by atoms with Crippen molar-refractivity contribution in [1.29, 1.82) is 0 Å². The lowest BCUT2D eigenvalue weighted by molar-refractivity contribution is 0.296. The summed E-state index contributed by atoms with van der Waals surface area (Å²) < 4.78 is 0. The molecular formula is C15H23N3O. The number of oxime groups is 1. The number of nitrogens with zero attached hydrogens (tertiary/aromatic N) is 2. The Kier molecular flexibility index (Phi) is 4.43. The van der Waals surface area contributed by atoms with Crippen molar-refractivity contribution in [2.75, 3.05) is 13.1 Å². The topological polar surface area (TPSA) is 61.8 Å². The summed E-state index contributed by atoms with van der Waals surface area (Å²) in [7, 11) is 0. The second kappa shape index (κ2) is 6.06. The molecule has 0 saturated carbocycles. The number of hydrogen-bond donors (Lipinski definition) is 2. The summed E-state index contributed by atoms with van der Waals surface area (Å²) in [4.78, 5) is 2.45. The number of nitrogens with two attached hydrogens (primary N) is 1. The van der Waals surface area contributed by atoms with E-state index in [1.165, 1.54) is 6.42 Å². The third-order valence-electron chi connectivity index (χ3n) is 4.05. The van der Waals surface area contributed by atoms with Crippen molar-refractivity contribution in [3.8, 4) is 0 Å². The van der Waals surface area contributed by atoms with Crippen LogP contribution in [0.5, 0.6) is 0 Å². The third kappa shape index (κ3) is 3.26. The predicted molar refractivity (Wildman–Crippen MR) is 77.2 cm³/mol. The lowest BCUT2D eigenvalue weighted by Crippen LogP contribution is -2.24. The van der Waals surface area contributed by atoms with Crippen LogP contribution >= 0.6 is 0 Å². The van der Waals surface area contributed by atoms with Crippen LogP contribution in [0.15, 0.2) is 29.4 Å². The molecule has 1 atom stereocenters. The first-order chi connectivity index (χ1) is 9.11. The van der Waals surface area contributed by atoms with Gasteiger partial charge in [-0.25, -0.2) is 0 Å². The van der Waals surface area contributed by atoms with E-state index in [1.54, 1.807) is 0 Å². The van der Waals surface area contributed by atoms with E-state index in [1.807, 2.05) is 18.2 Å². The van der Waals surface area contributed by atoms with Gasteiger partial charge in [-0.1, -0.05) is 43.3 Å². The standard InChI is InChI=1S/C15H23N3O/c1-11(2)12-7-8-18(9-12)10-13-5-3-4-6-14(13)15(16)17-19/h3-6,11-12,19H,7-10H2,1-2H3,(H2,16,17). The van der Waals surface area contributed by atoms with E-state index in [0.717, 1.165) is 42.6 Å². The molecule has 1 unspecified atom stereocenters. The summed E-state index contributed by atoms with van der Waals surface area (Å²) >= 11 is 0. The minimum absolute atomic E-state index is 0.190. The van der Waals surface area contributed by atoms with Crippen LogP contribution < -0.4 is 5.73 Å². The van der Waals surface area contributed by atoms with Crippen LogP contribution in [0.3, 0.4) is 0 Å². The smallest absolute Gasteiger partial charge is 0.170 e. The Hall–Kier alpha value is -1.55. The maximum Gasteiger partial charge on any atom is 0.170 e. The first-order valence-corrected chi connectivity index (χ1v) is 6.90. The second-order valence-corrected chi connectivity index (χ2v) is 5.67. The molecular weight excluding hydrogens is 238 g/mol. The summed E-state index contributed by atoms with van der Waals surface area (Å²) in [6.07, 6.45) is 1.27. The predicted octanol–water partition coefficient (Wildman–Crippen LogP) is 2.26. The molecule has 1 aromatic carbocycles. The van der Waals surface area contributed by atoms with Crippen LogP contribution in [-0.4, -0.2) is 29.0 Å². The molecule has 4 nitrogen and oxygen atoms in total. The van der Waals surface area contributed by atoms with Crippen LogP contribution in [-0.2, 0) is 6.54 Å². The van der Waals surface area contributed by atoms with Gasteiger partial charge in [-0.05, 0) is 30.4 Å². The van der Waals surface area contributed by atoms with Crippen molar-refractivity contribution in [2.45, 2.75) is 26.8 Å². The first-order valence-electron chi connectivity index (χ1n) is 6.90. The minimum Gasteiger partial charge on any atom is -0.409 e. The van der Waals surface area contributed by atoms with Gasteiger partial charge < -0.3 is 10.9 Å². The fourth-order valence-corrected chi connectivity index (χ4v) is 2.75. The molecule has 1 heterocycles. The maximum atomic E-state index is 8.84. The second-order valence-electron chi connectivity index (χ2n) is 5.67. The van der Waals surface area contributed by atoms with E-state index in [0.29, 0.717) is 0 Å². The Bertz CT molecular complexity index is 456. The molecule has 0 amide bonds. The van der Waals surface area contributed by atoms with E-state index in [9.17, 15) is 0 Å². The van der Waals surface area contributed by atoms with Crippen LogP contribution in [0.2, 0.25) is 0 Å². The lowest BCUT2D eigenvalue weighted by atomic mass is 9.95. The van der Waals surface area contributed by atoms with Crippen molar-refractivity contribution in [1.82, 2.24) is 4.90 Å². The van der Waals surface area contributed by atoms with Gasteiger partial charge >= 0.3 is 0 Å². The zero-order valence-corrected chi connectivity index (χ0v) is 11.7. The van der Waals surface area contributed by atoms with Crippen molar-refractivity contribution in [3.05, 3.63) is 35.4 Å². The number of amidine groups is 1. The maximum absolute atomic E-state index is 8.84. The van der Waals surface area contributed by atoms with Crippen molar-refractivity contribution >= 4 is 5.84 Å². The van der Waals surface area contributed by atoms with Crippen LogP contribution in [0, 0.1) is 11.8 Å². The van der Waals surface area contributed by atoms with Gasteiger partial charge in [0.15, 0.2) is 5.84 Å². The van der Waals surface area contributed by atoms with Crippen LogP contribution in [0.25, 0.3) is 0 Å². The van der Waals surface area contributed by atoms with E-state index in [4.69, 9.17) is 10.9 Å². The lowest BCUT2D eigenvalue weighted by Gasteiger charge is -2.19. The minimum atomic E-state index is 0.190. The van der Waals surface area contributed by atoms with Gasteiger partial charge in [0.1, 0.15) is 0 Å². The molecule has 0 aromatic heterocycles. The molecule has 1 aromatic rings. The van der Waals surface area contributed by atoms with Gasteiger partial charge in [-0.2, -0.15) is 0 Å². The van der Waals surface area contributed by atoms with Crippen molar-refractivity contribution in [2.24, 2.45) is 22.7 Å². The van der Waals surface area contributed by atoms with Gasteiger partial charge in [-0.15, -0.1) is 0 Å². The first kappa shape index (κ1) is 13.9. The number of benzene rings is 1. The highest BCUT2D eigenvalue weighted by Crippen LogP contribution is 2.25. The molecule has 2 rings (SSSR count). The van der Waals surface area contributed by atoms with E-state index >= 15 is 0 Å². The summed E-state index contributed by atoms with van der Waals surface area (Å²) in [5.41, 5.74) is 7.68. The fraction of sp³-hybridized carbons (Fsp3) is 0.533. The number of rotatable bonds is 4. The molecule has 1 fully saturated rings. The summed E-state index contributed by atoms with van der Waals surface area (Å²) in [5.74, 6) is 1.72. The van der Waals surface area contributed by atoms with Crippen molar-refractivity contribution in [3.63, 3.8) is 0 Å². The quantitative estimate of drug-likeness (QED) is 0.378. The van der Waals surface area contributed by atoms with Crippen LogP contribution in [0.4, 0.5) is 0 Å². The number of likely N-dealkylation sites (tertiary alicyclic amines) is 1. The molecule has 19 heavy (non-hydrogen) atoms. The van der Waals surface area contributed by atoms with Gasteiger partial charge in [0, 0.05) is 18.7 Å². The molecule has 0 aliphatic carbocycles. The molecule has 1 aliphatic heterocycles. The molecule has 0 spiro atoms. The average Bonchev–Trinajstić information content (AvgIpc) is 2.87.